The number of amides is 1. The monoisotopic (exact) mass is 257 g/mol. The molecular weight excluding hydrogens is 238 g/mol. The molecule has 0 unspecified atom stereocenters. The smallest absolute Gasteiger partial charge is 0.238 e. The van der Waals surface area contributed by atoms with E-state index in [2.05, 4.69) is 16.3 Å². The molecule has 0 radical (unpaired) electrons. The van der Waals surface area contributed by atoms with E-state index in [1.807, 2.05) is 7.05 Å². The van der Waals surface area contributed by atoms with Crippen LogP contribution < -0.4 is 5.32 Å². The first-order valence-electron chi connectivity index (χ1n) is 6.69. The summed E-state index contributed by atoms with van der Waals surface area (Å²) in [6.07, 6.45) is 4.93. The van der Waals surface area contributed by atoms with Crippen LogP contribution in [-0.2, 0) is 4.79 Å². The number of nitrogens with one attached hydrogen (secondary N) is 1. The second-order valence-electron chi connectivity index (χ2n) is 5.09. The molecule has 0 aromatic heterocycles. The number of carbonyl (C=O) groups excluding carboxylic acids is 1. The largest absolute Gasteiger partial charge is 0.325 e. The summed E-state index contributed by atoms with van der Waals surface area (Å²) in [5, 5.41) is 11.6. The summed E-state index contributed by atoms with van der Waals surface area (Å²) < 4.78 is 0. The van der Waals surface area contributed by atoms with E-state index in [0.717, 1.165) is 5.69 Å². The topological polar surface area (TPSA) is 56.1 Å². The van der Waals surface area contributed by atoms with E-state index in [-0.39, 0.29) is 5.91 Å². The Labute approximate surface area is 114 Å². The van der Waals surface area contributed by atoms with Crippen LogP contribution in [-0.4, -0.2) is 30.4 Å². The van der Waals surface area contributed by atoms with E-state index in [9.17, 15) is 4.79 Å². The quantitative estimate of drug-likeness (QED) is 0.901. The van der Waals surface area contributed by atoms with Crippen LogP contribution in [0.15, 0.2) is 24.3 Å². The molecule has 4 nitrogen and oxygen atoms in total. The fourth-order valence-electron chi connectivity index (χ4n) is 2.53. The summed E-state index contributed by atoms with van der Waals surface area (Å²) in [6.45, 7) is 0.421. The fourth-order valence-corrected chi connectivity index (χ4v) is 2.53. The Kier molecular flexibility index (Phi) is 4.53. The third kappa shape index (κ3) is 3.80. The average molecular weight is 257 g/mol. The zero-order chi connectivity index (χ0) is 13.7. The van der Waals surface area contributed by atoms with E-state index in [4.69, 9.17) is 5.26 Å². The molecule has 1 saturated carbocycles. The summed E-state index contributed by atoms with van der Waals surface area (Å²) in [6, 6.07) is 9.53. The maximum absolute atomic E-state index is 11.9. The van der Waals surface area contributed by atoms with Crippen molar-refractivity contribution in [1.29, 1.82) is 5.26 Å². The van der Waals surface area contributed by atoms with Crippen LogP contribution >= 0.6 is 0 Å². The number of rotatable bonds is 4. The number of hydrogen-bond acceptors (Lipinski definition) is 3. The number of nitrogens with zero attached hydrogens (tertiary/aromatic N) is 2. The highest BCUT2D eigenvalue weighted by molar-refractivity contribution is 5.92. The molecule has 0 spiro atoms. The lowest BCUT2D eigenvalue weighted by Gasteiger charge is -2.23. The molecule has 100 valence electrons. The minimum absolute atomic E-state index is 0.000826. The Morgan fingerprint density at radius 1 is 1.37 bits per heavy atom. The van der Waals surface area contributed by atoms with Crippen LogP contribution in [0.2, 0.25) is 0 Å². The molecule has 1 aromatic carbocycles. The third-order valence-electron chi connectivity index (χ3n) is 3.64. The van der Waals surface area contributed by atoms with Gasteiger partial charge in [-0.15, -0.1) is 0 Å². The number of benzene rings is 1. The Balaban J connectivity index is 1.84. The molecule has 1 aliphatic rings. The molecule has 0 aliphatic heterocycles. The predicted octanol–water partition coefficient (Wildman–Crippen LogP) is 2.37. The molecule has 1 amide bonds. The van der Waals surface area contributed by atoms with Crippen LogP contribution in [0.3, 0.4) is 0 Å². The van der Waals surface area contributed by atoms with Gasteiger partial charge >= 0.3 is 0 Å². The summed E-state index contributed by atoms with van der Waals surface area (Å²) in [4.78, 5) is 14.0. The molecule has 1 N–H and O–H groups in total. The molecule has 2 rings (SSSR count). The van der Waals surface area contributed by atoms with Crippen molar-refractivity contribution in [3.05, 3.63) is 29.8 Å². The molecule has 0 atom stereocenters. The van der Waals surface area contributed by atoms with Crippen molar-refractivity contribution in [3.63, 3.8) is 0 Å². The minimum atomic E-state index is -0.000826. The van der Waals surface area contributed by atoms with Crippen molar-refractivity contribution in [1.82, 2.24) is 4.90 Å². The van der Waals surface area contributed by atoms with Crippen LogP contribution in [0.25, 0.3) is 0 Å². The summed E-state index contributed by atoms with van der Waals surface area (Å²) >= 11 is 0. The molecule has 0 bridgehead atoms. The SMILES string of the molecule is CN(CC(=O)Nc1ccc(C#N)cc1)C1CCCC1. The molecule has 4 heteroatoms. The van der Waals surface area contributed by atoms with Crippen molar-refractivity contribution in [2.45, 2.75) is 31.7 Å². The number of hydrogen-bond donors (Lipinski definition) is 1. The first-order valence-corrected chi connectivity index (χ1v) is 6.69. The molecule has 0 saturated heterocycles. The van der Waals surface area contributed by atoms with E-state index in [1.165, 1.54) is 25.7 Å². The van der Waals surface area contributed by atoms with Crippen molar-refractivity contribution in [3.8, 4) is 6.07 Å². The van der Waals surface area contributed by atoms with Gasteiger partial charge in [-0.05, 0) is 44.2 Å². The number of anilines is 1. The molecule has 1 aliphatic carbocycles. The van der Waals surface area contributed by atoms with Gasteiger partial charge in [0.2, 0.25) is 5.91 Å². The highest BCUT2D eigenvalue weighted by atomic mass is 16.2. The molecule has 19 heavy (non-hydrogen) atoms. The Morgan fingerprint density at radius 3 is 2.58 bits per heavy atom. The Hall–Kier alpha value is -1.86. The molecular formula is C15H19N3O. The van der Waals surface area contributed by atoms with Gasteiger partial charge in [0.15, 0.2) is 0 Å². The highest BCUT2D eigenvalue weighted by Crippen LogP contribution is 2.22. The zero-order valence-corrected chi connectivity index (χ0v) is 11.2. The van der Waals surface area contributed by atoms with Gasteiger partial charge in [0, 0.05) is 11.7 Å². The van der Waals surface area contributed by atoms with Crippen molar-refractivity contribution in [2.24, 2.45) is 0 Å². The van der Waals surface area contributed by atoms with E-state index in [0.29, 0.717) is 18.2 Å². The van der Waals surface area contributed by atoms with Crippen molar-refractivity contribution >= 4 is 11.6 Å². The van der Waals surface area contributed by atoms with Gasteiger partial charge in [-0.25, -0.2) is 0 Å². The number of carbonyl (C=O) groups is 1. The maximum Gasteiger partial charge on any atom is 0.238 e. The van der Waals surface area contributed by atoms with Crippen LogP contribution in [0.1, 0.15) is 31.2 Å². The predicted molar refractivity (Wildman–Crippen MR) is 74.7 cm³/mol. The van der Waals surface area contributed by atoms with E-state index in [1.54, 1.807) is 24.3 Å². The maximum atomic E-state index is 11.9. The second kappa shape index (κ2) is 6.35. The first-order chi connectivity index (χ1) is 9.19. The molecule has 1 aromatic rings. The normalized spacial score (nSPS) is 15.4. The standard InChI is InChI=1S/C15H19N3O/c1-18(14-4-2-3-5-14)11-15(19)17-13-8-6-12(10-16)7-9-13/h6-9,14H,2-5,11H2,1H3,(H,17,19). The van der Waals surface area contributed by atoms with Gasteiger partial charge in [-0.1, -0.05) is 12.8 Å². The van der Waals surface area contributed by atoms with Gasteiger partial charge in [0.05, 0.1) is 18.2 Å². The zero-order valence-electron chi connectivity index (χ0n) is 11.2. The minimum Gasteiger partial charge on any atom is -0.325 e. The van der Waals surface area contributed by atoms with E-state index < -0.39 is 0 Å². The van der Waals surface area contributed by atoms with Crippen LogP contribution in [0, 0.1) is 11.3 Å². The average Bonchev–Trinajstić information content (AvgIpc) is 2.93. The van der Waals surface area contributed by atoms with Crippen LogP contribution in [0.4, 0.5) is 5.69 Å². The van der Waals surface area contributed by atoms with E-state index >= 15 is 0 Å². The van der Waals surface area contributed by atoms with Gasteiger partial charge in [0.25, 0.3) is 0 Å². The third-order valence-corrected chi connectivity index (χ3v) is 3.64. The first kappa shape index (κ1) is 13.6. The van der Waals surface area contributed by atoms with Crippen molar-refractivity contribution < 1.29 is 4.79 Å². The van der Waals surface area contributed by atoms with Gasteiger partial charge in [0.1, 0.15) is 0 Å². The van der Waals surface area contributed by atoms with Gasteiger partial charge in [-0.3, -0.25) is 9.69 Å². The van der Waals surface area contributed by atoms with Gasteiger partial charge in [-0.2, -0.15) is 5.26 Å². The summed E-state index contributed by atoms with van der Waals surface area (Å²) in [5.41, 5.74) is 1.34. The molecule has 1 fully saturated rings. The summed E-state index contributed by atoms with van der Waals surface area (Å²) in [5.74, 6) is -0.000826. The Bertz CT molecular complexity index is 469. The fraction of sp³-hybridized carbons (Fsp3) is 0.467. The lowest BCUT2D eigenvalue weighted by atomic mass is 10.2. The van der Waals surface area contributed by atoms with Crippen LogP contribution in [0.5, 0.6) is 0 Å². The Morgan fingerprint density at radius 2 is 2.00 bits per heavy atom. The van der Waals surface area contributed by atoms with Crippen molar-refractivity contribution in [2.75, 3.05) is 18.9 Å². The highest BCUT2D eigenvalue weighted by Gasteiger charge is 2.21. The number of likely N-dealkylation sites (N-methyl/N-ethyl adjacent to an activating group) is 1. The molecule has 0 heterocycles. The number of nitriles is 1. The summed E-state index contributed by atoms with van der Waals surface area (Å²) in [7, 11) is 2.01. The lowest BCUT2D eigenvalue weighted by Crippen LogP contribution is -2.36. The second-order valence-corrected chi connectivity index (χ2v) is 5.09. The lowest BCUT2D eigenvalue weighted by molar-refractivity contribution is -0.117. The van der Waals surface area contributed by atoms with Gasteiger partial charge < -0.3 is 5.32 Å².